The number of amides is 2. The van der Waals surface area contributed by atoms with Crippen LogP contribution in [0, 0.1) is 20.8 Å². The number of anilines is 1. The van der Waals surface area contributed by atoms with Crippen molar-refractivity contribution in [3.63, 3.8) is 0 Å². The standard InChI is InChI=1S/C34H42ClN3O4S/c1-5-32(34(40)36-29-9-7-6-8-10-29)37(22-27-13-15-28(35)16-14-27)33(39)23-38(30-20-25(3)19-26(4)21-30)43(41,42)31-17-11-24(2)12-18-31/h11-21,29,32H,5-10,22-23H2,1-4H3,(H,36,40). The second kappa shape index (κ2) is 14.4. The van der Waals surface area contributed by atoms with Crippen LogP contribution >= 0.6 is 11.6 Å². The Kier molecular flexibility index (Phi) is 10.9. The molecule has 0 radical (unpaired) electrons. The Morgan fingerprint density at radius 3 is 2.07 bits per heavy atom. The second-order valence-electron chi connectivity index (χ2n) is 11.6. The molecule has 0 heterocycles. The van der Waals surface area contributed by atoms with Crippen molar-refractivity contribution >= 4 is 39.1 Å². The molecule has 0 bridgehead atoms. The van der Waals surface area contributed by atoms with Gasteiger partial charge < -0.3 is 10.2 Å². The summed E-state index contributed by atoms with van der Waals surface area (Å²) in [5, 5.41) is 3.74. The number of benzene rings is 3. The van der Waals surface area contributed by atoms with Crippen LogP contribution in [0.15, 0.2) is 71.6 Å². The molecule has 1 atom stereocenters. The van der Waals surface area contributed by atoms with Crippen molar-refractivity contribution in [2.45, 2.75) is 89.7 Å². The molecule has 43 heavy (non-hydrogen) atoms. The van der Waals surface area contributed by atoms with E-state index in [4.69, 9.17) is 11.6 Å². The number of carbonyl (C=O) groups excluding carboxylic acids is 2. The van der Waals surface area contributed by atoms with Crippen LogP contribution in [-0.4, -0.2) is 43.8 Å². The molecule has 1 aliphatic rings. The Balaban J connectivity index is 1.72. The van der Waals surface area contributed by atoms with E-state index in [9.17, 15) is 18.0 Å². The van der Waals surface area contributed by atoms with Crippen LogP contribution in [0.4, 0.5) is 5.69 Å². The first-order valence-corrected chi connectivity index (χ1v) is 16.8. The second-order valence-corrected chi connectivity index (χ2v) is 13.9. The highest BCUT2D eigenvalue weighted by Gasteiger charge is 2.34. The summed E-state index contributed by atoms with van der Waals surface area (Å²) in [7, 11) is -4.12. The Hall–Kier alpha value is -3.36. The maximum atomic E-state index is 14.3. The van der Waals surface area contributed by atoms with E-state index >= 15 is 0 Å². The highest BCUT2D eigenvalue weighted by Crippen LogP contribution is 2.27. The molecule has 2 amide bonds. The van der Waals surface area contributed by atoms with Crippen LogP contribution in [-0.2, 0) is 26.2 Å². The van der Waals surface area contributed by atoms with E-state index < -0.39 is 28.5 Å². The van der Waals surface area contributed by atoms with Crippen LogP contribution in [0.2, 0.25) is 5.02 Å². The summed E-state index contributed by atoms with van der Waals surface area (Å²) in [5.74, 6) is -0.675. The number of hydrogen-bond donors (Lipinski definition) is 1. The molecule has 1 N–H and O–H groups in total. The number of hydrogen-bond acceptors (Lipinski definition) is 4. The van der Waals surface area contributed by atoms with Gasteiger partial charge in [-0.1, -0.05) is 73.7 Å². The van der Waals surface area contributed by atoms with Crippen molar-refractivity contribution in [3.05, 3.63) is 94.0 Å². The van der Waals surface area contributed by atoms with Crippen LogP contribution < -0.4 is 9.62 Å². The molecule has 0 aromatic heterocycles. The van der Waals surface area contributed by atoms with Gasteiger partial charge in [0, 0.05) is 17.6 Å². The third-order valence-corrected chi connectivity index (χ3v) is 10.0. The van der Waals surface area contributed by atoms with E-state index in [1.54, 1.807) is 48.5 Å². The van der Waals surface area contributed by atoms with E-state index in [2.05, 4.69) is 5.32 Å². The smallest absolute Gasteiger partial charge is 0.264 e. The minimum Gasteiger partial charge on any atom is -0.352 e. The Morgan fingerprint density at radius 2 is 1.49 bits per heavy atom. The predicted molar refractivity (Wildman–Crippen MR) is 173 cm³/mol. The zero-order valence-corrected chi connectivity index (χ0v) is 27.0. The normalized spacial score (nSPS) is 14.6. The third-order valence-electron chi connectivity index (χ3n) is 7.99. The summed E-state index contributed by atoms with van der Waals surface area (Å²) in [4.78, 5) is 29.6. The lowest BCUT2D eigenvalue weighted by Gasteiger charge is -2.34. The van der Waals surface area contributed by atoms with Crippen molar-refractivity contribution in [1.29, 1.82) is 0 Å². The number of nitrogens with zero attached hydrogens (tertiary/aromatic N) is 2. The average molecular weight is 624 g/mol. The summed E-state index contributed by atoms with van der Waals surface area (Å²) < 4.78 is 29.4. The molecule has 1 fully saturated rings. The van der Waals surface area contributed by atoms with Gasteiger partial charge in [-0.2, -0.15) is 0 Å². The first kappa shape index (κ1) is 32.6. The number of carbonyl (C=O) groups is 2. The zero-order chi connectivity index (χ0) is 31.1. The van der Waals surface area contributed by atoms with Gasteiger partial charge in [0.15, 0.2) is 0 Å². The van der Waals surface area contributed by atoms with E-state index in [-0.39, 0.29) is 23.4 Å². The van der Waals surface area contributed by atoms with Gasteiger partial charge in [-0.25, -0.2) is 8.42 Å². The Morgan fingerprint density at radius 1 is 0.884 bits per heavy atom. The summed E-state index contributed by atoms with van der Waals surface area (Å²) in [6.07, 6.45) is 5.51. The average Bonchev–Trinajstić information content (AvgIpc) is 2.97. The van der Waals surface area contributed by atoms with Gasteiger partial charge in [-0.05, 0) is 93.1 Å². The van der Waals surface area contributed by atoms with Crippen molar-refractivity contribution in [2.24, 2.45) is 0 Å². The molecule has 1 aliphatic carbocycles. The van der Waals surface area contributed by atoms with Gasteiger partial charge in [0.05, 0.1) is 10.6 Å². The molecular weight excluding hydrogens is 582 g/mol. The van der Waals surface area contributed by atoms with Crippen molar-refractivity contribution < 1.29 is 18.0 Å². The summed E-state index contributed by atoms with van der Waals surface area (Å²) in [5.41, 5.74) is 3.88. The van der Waals surface area contributed by atoms with E-state index in [1.165, 1.54) is 9.21 Å². The van der Waals surface area contributed by atoms with Gasteiger partial charge in [0.25, 0.3) is 10.0 Å². The summed E-state index contributed by atoms with van der Waals surface area (Å²) in [6, 6.07) is 18.5. The van der Waals surface area contributed by atoms with Crippen molar-refractivity contribution in [3.8, 4) is 0 Å². The molecule has 0 saturated heterocycles. The molecule has 1 saturated carbocycles. The van der Waals surface area contributed by atoms with Gasteiger partial charge in [0.1, 0.15) is 12.6 Å². The van der Waals surface area contributed by atoms with Crippen LogP contribution in [0.5, 0.6) is 0 Å². The molecular formula is C34H42ClN3O4S. The SMILES string of the molecule is CCC(C(=O)NC1CCCCC1)N(Cc1ccc(Cl)cc1)C(=O)CN(c1cc(C)cc(C)c1)S(=O)(=O)c1ccc(C)cc1. The lowest BCUT2D eigenvalue weighted by atomic mass is 9.95. The highest BCUT2D eigenvalue weighted by molar-refractivity contribution is 7.92. The quantitative estimate of drug-likeness (QED) is 0.257. The Bertz CT molecular complexity index is 1500. The van der Waals surface area contributed by atoms with Crippen molar-refractivity contribution in [2.75, 3.05) is 10.8 Å². The van der Waals surface area contributed by atoms with Crippen molar-refractivity contribution in [1.82, 2.24) is 10.2 Å². The number of aryl methyl sites for hydroxylation is 3. The first-order valence-electron chi connectivity index (χ1n) is 15.0. The molecule has 4 rings (SSSR count). The fraction of sp³-hybridized carbons (Fsp3) is 0.412. The Labute approximate surface area is 261 Å². The molecule has 3 aromatic carbocycles. The maximum absolute atomic E-state index is 14.3. The lowest BCUT2D eigenvalue weighted by Crippen LogP contribution is -2.54. The minimum absolute atomic E-state index is 0.0801. The summed E-state index contributed by atoms with van der Waals surface area (Å²) >= 11 is 6.12. The molecule has 7 nitrogen and oxygen atoms in total. The van der Waals surface area contributed by atoms with E-state index in [1.807, 2.05) is 45.9 Å². The lowest BCUT2D eigenvalue weighted by molar-refractivity contribution is -0.140. The number of rotatable bonds is 11. The molecule has 3 aromatic rings. The molecule has 0 spiro atoms. The minimum atomic E-state index is -4.12. The predicted octanol–water partition coefficient (Wildman–Crippen LogP) is 6.72. The van der Waals surface area contributed by atoms with Gasteiger partial charge in [-0.3, -0.25) is 13.9 Å². The molecule has 9 heteroatoms. The third kappa shape index (κ3) is 8.39. The largest absolute Gasteiger partial charge is 0.352 e. The molecule has 230 valence electrons. The number of nitrogens with one attached hydrogen (secondary N) is 1. The van der Waals surface area contributed by atoms with Gasteiger partial charge in [-0.15, -0.1) is 0 Å². The highest BCUT2D eigenvalue weighted by atomic mass is 35.5. The first-order chi connectivity index (χ1) is 20.5. The monoisotopic (exact) mass is 623 g/mol. The fourth-order valence-corrected chi connectivity index (χ4v) is 7.23. The fourth-order valence-electron chi connectivity index (χ4n) is 5.71. The van der Waals surface area contributed by atoms with Gasteiger partial charge >= 0.3 is 0 Å². The van der Waals surface area contributed by atoms with Gasteiger partial charge in [0.2, 0.25) is 11.8 Å². The molecule has 1 unspecified atom stereocenters. The van der Waals surface area contributed by atoms with Crippen LogP contribution in [0.3, 0.4) is 0 Å². The van der Waals surface area contributed by atoms with Crippen LogP contribution in [0.1, 0.15) is 67.7 Å². The maximum Gasteiger partial charge on any atom is 0.264 e. The number of halogens is 1. The van der Waals surface area contributed by atoms with Crippen LogP contribution in [0.25, 0.3) is 0 Å². The van der Waals surface area contributed by atoms with E-state index in [0.29, 0.717) is 17.1 Å². The topological polar surface area (TPSA) is 86.8 Å². The number of sulfonamides is 1. The summed E-state index contributed by atoms with van der Waals surface area (Å²) in [6.45, 7) is 7.23. The zero-order valence-electron chi connectivity index (χ0n) is 25.5. The molecule has 0 aliphatic heterocycles. The van der Waals surface area contributed by atoms with E-state index in [0.717, 1.165) is 54.4 Å².